The third kappa shape index (κ3) is 10.7. The summed E-state index contributed by atoms with van der Waals surface area (Å²) in [7, 11) is -5.07. The van der Waals surface area contributed by atoms with Gasteiger partial charge in [-0.15, -0.1) is 0 Å². The molecule has 296 valence electrons. The van der Waals surface area contributed by atoms with Gasteiger partial charge in [-0.25, -0.2) is 24.0 Å². The lowest BCUT2D eigenvalue weighted by molar-refractivity contribution is -0.143. The molecular formula is C34H32N3O18P. The van der Waals surface area contributed by atoms with E-state index in [1.54, 1.807) is 5.09 Å². The van der Waals surface area contributed by atoms with Crippen LogP contribution in [0.2, 0.25) is 0 Å². The Hall–Kier alpha value is -6.67. The number of phenolic OH excluding ortho intramolecular Hbond substituents is 1. The molecule has 2 amide bonds. The van der Waals surface area contributed by atoms with Gasteiger partial charge in [0.15, 0.2) is 11.5 Å². The second kappa shape index (κ2) is 17.6. The number of benzene rings is 3. The van der Waals surface area contributed by atoms with Crippen LogP contribution in [0.4, 0.5) is 0 Å². The molecule has 4 atom stereocenters. The third-order valence-corrected chi connectivity index (χ3v) is 9.17. The molecule has 0 radical (unpaired) electrons. The standard InChI is InChI=1S/C34H32N3O18P/c38-16-2-5-19-25(12-16)55-26-13-17(39)3-6-20(26)29(19)18-4-1-15(11-21(18)31(44)45)30(43)36-22(32(46)47)7-9-27(40)35-24(34(50)51)14-54-56(52,53)37-23(33(48)49)8-10-28(41)42/h1-6,11-13,22-24,38H,7-10,14H2,(H,35,40)(H,36,43)(H,41,42)(H,44,45)(H,46,47)(H,48,49)(H,50,51)(H2,37,52,53)/t22-,23-,24-/m0/s1. The predicted octanol–water partition coefficient (Wildman–Crippen LogP) is 1.53. The maximum atomic E-state index is 13.2. The van der Waals surface area contributed by atoms with Crippen LogP contribution in [0.15, 0.2) is 63.8 Å². The monoisotopic (exact) mass is 801 g/mol. The number of hydrogen-bond donors (Lipinski definition) is 10. The van der Waals surface area contributed by atoms with Crippen LogP contribution in [0, 0.1) is 0 Å². The fourth-order valence-electron chi connectivity index (χ4n) is 5.37. The summed E-state index contributed by atoms with van der Waals surface area (Å²) in [5.74, 6) is -10.3. The van der Waals surface area contributed by atoms with Gasteiger partial charge >= 0.3 is 37.6 Å². The molecule has 0 saturated carbocycles. The molecule has 0 bridgehead atoms. The Morgan fingerprint density at radius 2 is 1.39 bits per heavy atom. The van der Waals surface area contributed by atoms with Crippen molar-refractivity contribution in [3.8, 4) is 28.2 Å². The molecule has 1 heterocycles. The third-order valence-electron chi connectivity index (χ3n) is 8.04. The lowest BCUT2D eigenvalue weighted by Gasteiger charge is -2.21. The van der Waals surface area contributed by atoms with E-state index >= 15 is 0 Å². The quantitative estimate of drug-likeness (QED) is 0.0474. The number of phenols is 1. The second-order valence-electron chi connectivity index (χ2n) is 12.0. The van der Waals surface area contributed by atoms with Crippen molar-refractivity contribution in [1.29, 1.82) is 0 Å². The minimum Gasteiger partial charge on any atom is -0.508 e. The van der Waals surface area contributed by atoms with Crippen LogP contribution in [0.5, 0.6) is 5.75 Å². The van der Waals surface area contributed by atoms with Gasteiger partial charge in [0.05, 0.1) is 12.2 Å². The van der Waals surface area contributed by atoms with E-state index in [4.69, 9.17) is 14.6 Å². The highest BCUT2D eigenvalue weighted by atomic mass is 31.2. The Balaban J connectivity index is 1.47. The van der Waals surface area contributed by atoms with Crippen LogP contribution in [0.3, 0.4) is 0 Å². The summed E-state index contributed by atoms with van der Waals surface area (Å²) in [6.45, 7) is -1.19. The highest BCUT2D eigenvalue weighted by molar-refractivity contribution is 7.50. The number of fused-ring (bicyclic) bond motifs is 2. The fourth-order valence-corrected chi connectivity index (χ4v) is 6.43. The number of aliphatic carboxylic acids is 4. The Kier molecular flexibility index (Phi) is 13.3. The summed E-state index contributed by atoms with van der Waals surface area (Å²) in [5, 5.41) is 63.4. The number of hydrogen-bond acceptors (Lipinski definition) is 12. The first kappa shape index (κ1) is 42.1. The summed E-state index contributed by atoms with van der Waals surface area (Å²) in [5.41, 5.74) is -0.357. The molecule has 0 saturated heterocycles. The number of rotatable bonds is 19. The zero-order chi connectivity index (χ0) is 41.5. The molecule has 10 N–H and O–H groups in total. The predicted molar refractivity (Wildman–Crippen MR) is 188 cm³/mol. The molecule has 0 spiro atoms. The number of carbonyl (C=O) groups is 7. The first-order chi connectivity index (χ1) is 26.3. The second-order valence-corrected chi connectivity index (χ2v) is 13.6. The Morgan fingerprint density at radius 3 is 2.02 bits per heavy atom. The van der Waals surface area contributed by atoms with Crippen LogP contribution in [-0.4, -0.2) is 102 Å². The normalized spacial score (nSPS) is 13.9. The van der Waals surface area contributed by atoms with E-state index < -0.39 is 111 Å². The summed E-state index contributed by atoms with van der Waals surface area (Å²) in [6.07, 6.45) is -2.70. The fraction of sp³-hybridized carbons (Fsp3) is 0.235. The van der Waals surface area contributed by atoms with Crippen LogP contribution in [0.1, 0.15) is 46.4 Å². The van der Waals surface area contributed by atoms with E-state index in [9.17, 15) is 68.2 Å². The summed E-state index contributed by atoms with van der Waals surface area (Å²) in [4.78, 5) is 106. The number of carboxylic acid groups (broad SMARTS) is 5. The SMILES string of the molecule is O=C(O)CC[C@H](NP(=O)(O)OC[C@H](NC(=O)CC[C@H](NC(=O)c1ccc(-c2c3ccc(=O)cc-3oc3cc(O)ccc23)c(C(=O)O)c1)C(=O)O)C(=O)O)C(=O)O. The number of carbonyl (C=O) groups excluding carboxylic acids is 2. The highest BCUT2D eigenvalue weighted by Crippen LogP contribution is 2.42. The first-order valence-electron chi connectivity index (χ1n) is 16.1. The minimum atomic E-state index is -5.07. The van der Waals surface area contributed by atoms with Crippen LogP contribution >= 0.6 is 7.75 Å². The van der Waals surface area contributed by atoms with E-state index in [1.807, 2.05) is 5.32 Å². The molecule has 56 heavy (non-hydrogen) atoms. The van der Waals surface area contributed by atoms with Gasteiger partial charge in [-0.1, -0.05) is 6.07 Å². The Labute approximate surface area is 313 Å². The zero-order valence-electron chi connectivity index (χ0n) is 28.5. The Morgan fingerprint density at radius 1 is 0.750 bits per heavy atom. The molecule has 22 heteroatoms. The van der Waals surface area contributed by atoms with E-state index in [0.717, 1.165) is 6.07 Å². The van der Waals surface area contributed by atoms with Gasteiger partial charge in [0.2, 0.25) is 5.91 Å². The summed E-state index contributed by atoms with van der Waals surface area (Å²) >= 11 is 0. The van der Waals surface area contributed by atoms with Crippen LogP contribution in [0.25, 0.3) is 33.4 Å². The molecule has 2 aromatic rings. The zero-order valence-corrected chi connectivity index (χ0v) is 29.4. The topological polar surface area (TPSA) is 354 Å². The molecule has 1 aliphatic carbocycles. The Bertz CT molecular complexity index is 2310. The summed E-state index contributed by atoms with van der Waals surface area (Å²) < 4.78 is 22.7. The first-order valence-corrected chi connectivity index (χ1v) is 17.7. The van der Waals surface area contributed by atoms with Crippen molar-refractivity contribution in [1.82, 2.24) is 15.7 Å². The van der Waals surface area contributed by atoms with Gasteiger partial charge in [0.25, 0.3) is 5.91 Å². The van der Waals surface area contributed by atoms with Crippen LogP contribution in [-0.2, 0) is 33.1 Å². The average molecular weight is 802 g/mol. The van der Waals surface area contributed by atoms with E-state index in [-0.39, 0.29) is 33.8 Å². The van der Waals surface area contributed by atoms with Crippen molar-refractivity contribution in [3.63, 3.8) is 0 Å². The minimum absolute atomic E-state index is 0.0702. The van der Waals surface area contributed by atoms with E-state index in [1.165, 1.54) is 48.5 Å². The molecule has 2 aromatic carbocycles. The maximum absolute atomic E-state index is 13.2. The lowest BCUT2D eigenvalue weighted by Crippen LogP contribution is -2.46. The number of aromatic hydroxyl groups is 1. The molecule has 4 rings (SSSR count). The molecule has 2 aliphatic rings. The van der Waals surface area contributed by atoms with Crippen molar-refractivity contribution >= 4 is 60.4 Å². The molecule has 1 aliphatic heterocycles. The lowest BCUT2D eigenvalue weighted by atomic mass is 9.89. The average Bonchev–Trinajstić information content (AvgIpc) is 3.11. The smallest absolute Gasteiger partial charge is 0.403 e. The van der Waals surface area contributed by atoms with Gasteiger partial charge in [0, 0.05) is 47.1 Å². The molecule has 0 aromatic heterocycles. The molecule has 21 nitrogen and oxygen atoms in total. The van der Waals surface area contributed by atoms with Gasteiger partial charge in [-0.3, -0.25) is 28.5 Å². The van der Waals surface area contributed by atoms with E-state index in [0.29, 0.717) is 10.9 Å². The van der Waals surface area contributed by atoms with Crippen molar-refractivity contribution in [2.45, 2.75) is 43.8 Å². The summed E-state index contributed by atoms with van der Waals surface area (Å²) in [6, 6.07) is 5.66. The van der Waals surface area contributed by atoms with Crippen molar-refractivity contribution in [3.05, 3.63) is 75.9 Å². The van der Waals surface area contributed by atoms with Crippen molar-refractivity contribution in [2.24, 2.45) is 0 Å². The van der Waals surface area contributed by atoms with Crippen molar-refractivity contribution < 1.29 is 82.6 Å². The number of carboxylic acids is 5. The number of nitrogens with one attached hydrogen (secondary N) is 3. The molecular weight excluding hydrogens is 769 g/mol. The maximum Gasteiger partial charge on any atom is 0.403 e. The van der Waals surface area contributed by atoms with Gasteiger partial charge in [0.1, 0.15) is 29.2 Å². The largest absolute Gasteiger partial charge is 0.508 e. The highest BCUT2D eigenvalue weighted by Gasteiger charge is 2.32. The van der Waals surface area contributed by atoms with Gasteiger partial charge < -0.3 is 50.6 Å². The van der Waals surface area contributed by atoms with Crippen LogP contribution < -0.4 is 21.1 Å². The van der Waals surface area contributed by atoms with E-state index in [2.05, 4.69) is 9.84 Å². The number of aromatic carboxylic acids is 1. The van der Waals surface area contributed by atoms with Gasteiger partial charge in [-0.2, -0.15) is 0 Å². The van der Waals surface area contributed by atoms with Gasteiger partial charge in [-0.05, 0) is 54.8 Å². The molecule has 1 unspecified atom stereocenters. The molecule has 0 fully saturated rings. The number of amides is 2. The van der Waals surface area contributed by atoms with Crippen molar-refractivity contribution in [2.75, 3.05) is 6.61 Å².